The lowest BCUT2D eigenvalue weighted by Crippen LogP contribution is -1.97. The van der Waals surface area contributed by atoms with Crippen LogP contribution in [0.5, 0.6) is 5.75 Å². The number of rotatable bonds is 4. The molecule has 0 aliphatic carbocycles. The van der Waals surface area contributed by atoms with Crippen LogP contribution in [0.4, 0.5) is 0 Å². The number of nitriles is 1. The number of halogens is 1. The van der Waals surface area contributed by atoms with Crippen molar-refractivity contribution in [2.75, 3.05) is 7.11 Å². The van der Waals surface area contributed by atoms with Crippen LogP contribution in [0.15, 0.2) is 58.7 Å². The van der Waals surface area contributed by atoms with E-state index < -0.39 is 0 Å². The first-order chi connectivity index (χ1) is 13.6. The molecule has 8 heteroatoms. The quantitative estimate of drug-likeness (QED) is 0.487. The van der Waals surface area contributed by atoms with Gasteiger partial charge in [-0.3, -0.25) is 0 Å². The maximum absolute atomic E-state index is 9.50. The first-order valence-corrected chi connectivity index (χ1v) is 9.51. The van der Waals surface area contributed by atoms with Gasteiger partial charge in [-0.2, -0.15) is 5.26 Å². The second-order valence-corrected chi connectivity index (χ2v) is 7.37. The number of para-hydroxylation sites is 1. The summed E-state index contributed by atoms with van der Waals surface area (Å²) in [7, 11) is 3.51. The summed E-state index contributed by atoms with van der Waals surface area (Å²) in [4.78, 5) is 4.62. The lowest BCUT2D eigenvalue weighted by molar-refractivity contribution is 0.416. The van der Waals surface area contributed by atoms with E-state index in [0.29, 0.717) is 32.1 Å². The van der Waals surface area contributed by atoms with E-state index in [1.165, 1.54) is 11.8 Å². The summed E-state index contributed by atoms with van der Waals surface area (Å²) in [5.74, 6) is 1.41. The van der Waals surface area contributed by atoms with Crippen molar-refractivity contribution in [1.82, 2.24) is 19.7 Å². The van der Waals surface area contributed by atoms with Gasteiger partial charge in [0.1, 0.15) is 10.8 Å². The van der Waals surface area contributed by atoms with Crippen LogP contribution in [0.2, 0.25) is 5.02 Å². The van der Waals surface area contributed by atoms with Crippen LogP contribution in [0, 0.1) is 11.3 Å². The molecule has 4 rings (SSSR count). The summed E-state index contributed by atoms with van der Waals surface area (Å²) in [6.07, 6.45) is 0. The van der Waals surface area contributed by atoms with Gasteiger partial charge < -0.3 is 9.30 Å². The monoisotopic (exact) mass is 407 g/mol. The molecule has 0 spiro atoms. The van der Waals surface area contributed by atoms with Crippen LogP contribution in [-0.4, -0.2) is 26.9 Å². The Balaban J connectivity index is 1.74. The summed E-state index contributed by atoms with van der Waals surface area (Å²) in [5, 5.41) is 20.7. The van der Waals surface area contributed by atoms with E-state index in [0.717, 1.165) is 16.7 Å². The molecule has 4 aromatic rings. The topological polar surface area (TPSA) is 76.6 Å². The van der Waals surface area contributed by atoms with Crippen molar-refractivity contribution in [2.45, 2.75) is 10.2 Å². The van der Waals surface area contributed by atoms with E-state index in [9.17, 15) is 5.26 Å². The van der Waals surface area contributed by atoms with Crippen LogP contribution in [0.25, 0.3) is 22.3 Å². The maximum atomic E-state index is 9.50. The van der Waals surface area contributed by atoms with Gasteiger partial charge in [0.05, 0.1) is 29.8 Å². The molecule has 0 amide bonds. The van der Waals surface area contributed by atoms with Crippen molar-refractivity contribution in [2.24, 2.45) is 7.05 Å². The van der Waals surface area contributed by atoms with Gasteiger partial charge in [0, 0.05) is 17.5 Å². The normalized spacial score (nSPS) is 10.8. The summed E-state index contributed by atoms with van der Waals surface area (Å²) in [6.45, 7) is 0. The molecule has 2 heterocycles. The highest BCUT2D eigenvalue weighted by molar-refractivity contribution is 7.99. The first-order valence-electron chi connectivity index (χ1n) is 8.31. The smallest absolute Gasteiger partial charge is 0.197 e. The van der Waals surface area contributed by atoms with Crippen molar-refractivity contribution >= 4 is 34.3 Å². The van der Waals surface area contributed by atoms with Crippen molar-refractivity contribution in [3.05, 3.63) is 59.1 Å². The number of ether oxygens (including phenoxy) is 1. The van der Waals surface area contributed by atoms with E-state index in [2.05, 4.69) is 21.3 Å². The molecule has 6 nitrogen and oxygen atoms in total. The van der Waals surface area contributed by atoms with Gasteiger partial charge in [0.2, 0.25) is 0 Å². The molecule has 138 valence electrons. The molecule has 2 aromatic heterocycles. The van der Waals surface area contributed by atoms with Gasteiger partial charge >= 0.3 is 0 Å². The highest BCUT2D eigenvalue weighted by Crippen LogP contribution is 2.33. The highest BCUT2D eigenvalue weighted by atomic mass is 35.5. The van der Waals surface area contributed by atoms with E-state index in [1.54, 1.807) is 31.4 Å². The van der Waals surface area contributed by atoms with E-state index in [-0.39, 0.29) is 0 Å². The van der Waals surface area contributed by atoms with Crippen LogP contribution >= 0.6 is 23.4 Å². The number of nitrogens with zero attached hydrogens (tertiary/aromatic N) is 5. The molecule has 2 aromatic carbocycles. The third-order valence-corrected chi connectivity index (χ3v) is 5.44. The van der Waals surface area contributed by atoms with Crippen molar-refractivity contribution < 1.29 is 4.74 Å². The van der Waals surface area contributed by atoms with Crippen LogP contribution < -0.4 is 4.74 Å². The molecule has 0 saturated carbocycles. The van der Waals surface area contributed by atoms with Crippen LogP contribution in [-0.2, 0) is 7.05 Å². The fraction of sp³-hybridized carbons (Fsp3) is 0.100. The van der Waals surface area contributed by atoms with Gasteiger partial charge in [-0.15, -0.1) is 10.2 Å². The predicted octanol–water partition coefficient (Wildman–Crippen LogP) is 4.72. The zero-order chi connectivity index (χ0) is 19.7. The zero-order valence-electron chi connectivity index (χ0n) is 15.0. The van der Waals surface area contributed by atoms with Crippen molar-refractivity contribution in [3.8, 4) is 23.2 Å². The average Bonchev–Trinajstić information content (AvgIpc) is 3.07. The molecule has 0 fully saturated rings. The molecule has 0 bridgehead atoms. The second-order valence-electron chi connectivity index (χ2n) is 5.95. The average molecular weight is 408 g/mol. The fourth-order valence-corrected chi connectivity index (χ4v) is 3.86. The number of fused-ring (bicyclic) bond motifs is 1. The van der Waals surface area contributed by atoms with E-state index in [4.69, 9.17) is 16.3 Å². The third kappa shape index (κ3) is 3.28. The van der Waals surface area contributed by atoms with Crippen molar-refractivity contribution in [3.63, 3.8) is 0 Å². The number of methoxy groups -OCH3 is 1. The molecule has 0 radical (unpaired) electrons. The maximum Gasteiger partial charge on any atom is 0.197 e. The number of hydrogen-bond donors (Lipinski definition) is 0. The standard InChI is InChI=1S/C20H14ClN5OS/c1-26-19(14-5-3-4-6-17(14)27-2)24-25-20(26)28-18-9-12(11-22)15-10-13(21)7-8-16(15)23-18/h3-10H,1-2H3. The van der Waals surface area contributed by atoms with Crippen LogP contribution in [0.1, 0.15) is 5.56 Å². The molecule has 0 saturated heterocycles. The minimum Gasteiger partial charge on any atom is -0.496 e. The Labute approximate surface area is 170 Å². The Kier molecular flexibility index (Phi) is 4.90. The molecule has 28 heavy (non-hydrogen) atoms. The predicted molar refractivity (Wildman–Crippen MR) is 109 cm³/mol. The molecule has 0 N–H and O–H groups in total. The van der Waals surface area contributed by atoms with Gasteiger partial charge in [-0.25, -0.2) is 4.98 Å². The van der Waals surface area contributed by atoms with Crippen molar-refractivity contribution in [1.29, 1.82) is 5.26 Å². The van der Waals surface area contributed by atoms with Gasteiger partial charge in [-0.05, 0) is 48.2 Å². The molecule has 0 atom stereocenters. The lowest BCUT2D eigenvalue weighted by atomic mass is 10.1. The van der Waals surface area contributed by atoms with Gasteiger partial charge in [-0.1, -0.05) is 23.7 Å². The first kappa shape index (κ1) is 18.3. The summed E-state index contributed by atoms with van der Waals surface area (Å²) < 4.78 is 7.30. The number of benzene rings is 2. The van der Waals surface area contributed by atoms with Gasteiger partial charge in [0.25, 0.3) is 0 Å². The largest absolute Gasteiger partial charge is 0.496 e. The summed E-state index contributed by atoms with van der Waals surface area (Å²) >= 11 is 7.39. The van der Waals surface area contributed by atoms with Gasteiger partial charge in [0.15, 0.2) is 11.0 Å². The number of aromatic nitrogens is 4. The minimum atomic E-state index is 0.516. The fourth-order valence-electron chi connectivity index (χ4n) is 2.88. The SMILES string of the molecule is COc1ccccc1-c1nnc(Sc2cc(C#N)c3cc(Cl)ccc3n2)n1C. The Hall–Kier alpha value is -3.08. The lowest BCUT2D eigenvalue weighted by Gasteiger charge is -2.08. The molecule has 0 unspecified atom stereocenters. The Morgan fingerprint density at radius 1 is 1.14 bits per heavy atom. The second kappa shape index (κ2) is 7.50. The van der Waals surface area contributed by atoms with E-state index in [1.807, 2.05) is 35.9 Å². The zero-order valence-corrected chi connectivity index (χ0v) is 16.6. The Bertz CT molecular complexity index is 1230. The molecular weight excluding hydrogens is 394 g/mol. The van der Waals surface area contributed by atoms with Crippen LogP contribution in [0.3, 0.4) is 0 Å². The van der Waals surface area contributed by atoms with E-state index >= 15 is 0 Å². The molecular formula is C20H14ClN5OS. The molecule has 0 aliphatic heterocycles. The Morgan fingerprint density at radius 3 is 2.75 bits per heavy atom. The summed E-state index contributed by atoms with van der Waals surface area (Å²) in [6, 6.07) is 16.9. The Morgan fingerprint density at radius 2 is 1.96 bits per heavy atom. The summed E-state index contributed by atoms with van der Waals surface area (Å²) in [5.41, 5.74) is 2.07. The highest BCUT2D eigenvalue weighted by Gasteiger charge is 2.16. The molecule has 0 aliphatic rings. The minimum absolute atomic E-state index is 0.516. The number of pyridine rings is 1. The third-order valence-electron chi connectivity index (χ3n) is 4.25. The number of hydrogen-bond acceptors (Lipinski definition) is 6.